The van der Waals surface area contributed by atoms with Gasteiger partial charge in [0.2, 0.25) is 5.91 Å². The fourth-order valence-corrected chi connectivity index (χ4v) is 3.48. The van der Waals surface area contributed by atoms with Crippen LogP contribution in [0.3, 0.4) is 0 Å². The molecule has 1 heterocycles. The Hall–Kier alpha value is -0.570. The zero-order chi connectivity index (χ0) is 13.6. The number of hydrogen-bond donors (Lipinski definition) is 2. The zero-order valence-electron chi connectivity index (χ0n) is 12.5. The van der Waals surface area contributed by atoms with Crippen LogP contribution in [0.25, 0.3) is 0 Å². The van der Waals surface area contributed by atoms with Gasteiger partial charge in [-0.25, -0.2) is 0 Å². The minimum absolute atomic E-state index is 0.0266. The summed E-state index contributed by atoms with van der Waals surface area (Å²) in [5.41, 5.74) is 0.709. The van der Waals surface area contributed by atoms with Gasteiger partial charge in [-0.15, -0.1) is 0 Å². The third kappa shape index (κ3) is 2.29. The standard InChI is InChI=1S/C15H28N2O/c1-10-6-7-16-11(8-10)13(18)17-9-12-14(2,3)15(12,4)5/h10-12,16H,6-9H2,1-5H3,(H,17,18). The SMILES string of the molecule is CC1CCNC(C(=O)NCC2C(C)(C)C2(C)C)C1. The Morgan fingerprint density at radius 3 is 2.39 bits per heavy atom. The number of carbonyl (C=O) groups excluding carboxylic acids is 1. The van der Waals surface area contributed by atoms with Gasteiger partial charge in [0, 0.05) is 6.54 Å². The molecule has 2 N–H and O–H groups in total. The van der Waals surface area contributed by atoms with Gasteiger partial charge in [-0.3, -0.25) is 4.79 Å². The monoisotopic (exact) mass is 252 g/mol. The number of carbonyl (C=O) groups is 1. The van der Waals surface area contributed by atoms with Crippen molar-refractivity contribution in [3.63, 3.8) is 0 Å². The summed E-state index contributed by atoms with van der Waals surface area (Å²) in [7, 11) is 0. The van der Waals surface area contributed by atoms with E-state index in [4.69, 9.17) is 0 Å². The van der Waals surface area contributed by atoms with Gasteiger partial charge >= 0.3 is 0 Å². The Bertz CT molecular complexity index is 321. The van der Waals surface area contributed by atoms with Crippen molar-refractivity contribution in [3.05, 3.63) is 0 Å². The molecule has 2 unspecified atom stereocenters. The molecule has 1 saturated carbocycles. The lowest BCUT2D eigenvalue weighted by Crippen LogP contribution is -2.48. The first-order valence-electron chi connectivity index (χ1n) is 7.28. The lowest BCUT2D eigenvalue weighted by Gasteiger charge is -2.27. The van der Waals surface area contributed by atoms with Gasteiger partial charge in [0.15, 0.2) is 0 Å². The minimum atomic E-state index is 0.0266. The maximum Gasteiger partial charge on any atom is 0.237 e. The second kappa shape index (κ2) is 4.52. The van der Waals surface area contributed by atoms with Crippen LogP contribution in [0.2, 0.25) is 0 Å². The first kappa shape index (κ1) is 13.9. The fraction of sp³-hybridized carbons (Fsp3) is 0.933. The molecule has 1 amide bonds. The van der Waals surface area contributed by atoms with Gasteiger partial charge in [-0.2, -0.15) is 0 Å². The molecule has 2 aliphatic rings. The van der Waals surface area contributed by atoms with Crippen molar-refractivity contribution in [2.75, 3.05) is 13.1 Å². The quantitative estimate of drug-likeness (QED) is 0.808. The summed E-state index contributed by atoms with van der Waals surface area (Å²) in [6, 6.07) is 0.0266. The molecule has 18 heavy (non-hydrogen) atoms. The molecule has 2 rings (SSSR count). The average Bonchev–Trinajstić information content (AvgIpc) is 2.66. The highest BCUT2D eigenvalue weighted by atomic mass is 16.2. The molecule has 2 atom stereocenters. The smallest absolute Gasteiger partial charge is 0.237 e. The van der Waals surface area contributed by atoms with Crippen molar-refractivity contribution in [1.29, 1.82) is 0 Å². The van der Waals surface area contributed by atoms with Crippen LogP contribution in [0.1, 0.15) is 47.5 Å². The van der Waals surface area contributed by atoms with Crippen LogP contribution < -0.4 is 10.6 Å². The number of amides is 1. The van der Waals surface area contributed by atoms with Crippen molar-refractivity contribution < 1.29 is 4.79 Å². The van der Waals surface area contributed by atoms with Gasteiger partial charge in [-0.05, 0) is 42.1 Å². The number of rotatable bonds is 3. The third-order valence-electron chi connectivity index (χ3n) is 5.78. The molecule has 0 spiro atoms. The summed E-state index contributed by atoms with van der Waals surface area (Å²) in [6.45, 7) is 13.2. The Labute approximate surface area is 111 Å². The summed E-state index contributed by atoms with van der Waals surface area (Å²) < 4.78 is 0. The van der Waals surface area contributed by atoms with Crippen molar-refractivity contribution >= 4 is 5.91 Å². The Kier molecular flexibility index (Phi) is 3.48. The van der Waals surface area contributed by atoms with E-state index in [0.29, 0.717) is 22.7 Å². The maximum absolute atomic E-state index is 12.1. The third-order valence-corrected chi connectivity index (χ3v) is 5.78. The summed E-state index contributed by atoms with van der Waals surface area (Å²) >= 11 is 0. The first-order valence-corrected chi connectivity index (χ1v) is 7.28. The van der Waals surface area contributed by atoms with E-state index in [2.05, 4.69) is 45.3 Å². The van der Waals surface area contributed by atoms with E-state index in [0.717, 1.165) is 19.5 Å². The molecular weight excluding hydrogens is 224 g/mol. The highest BCUT2D eigenvalue weighted by molar-refractivity contribution is 5.81. The normalized spacial score (nSPS) is 34.1. The van der Waals surface area contributed by atoms with E-state index in [9.17, 15) is 4.79 Å². The molecule has 1 saturated heterocycles. The van der Waals surface area contributed by atoms with Crippen LogP contribution in [0.15, 0.2) is 0 Å². The van der Waals surface area contributed by atoms with Gasteiger partial charge in [0.1, 0.15) is 0 Å². The molecule has 0 aromatic heterocycles. The van der Waals surface area contributed by atoms with Crippen molar-refractivity contribution in [1.82, 2.24) is 10.6 Å². The van der Waals surface area contributed by atoms with Crippen LogP contribution in [0.4, 0.5) is 0 Å². The average molecular weight is 252 g/mol. The van der Waals surface area contributed by atoms with Crippen LogP contribution in [-0.4, -0.2) is 25.0 Å². The predicted molar refractivity (Wildman–Crippen MR) is 74.3 cm³/mol. The highest BCUT2D eigenvalue weighted by Gasteiger charge is 2.64. The van der Waals surface area contributed by atoms with E-state index in [1.54, 1.807) is 0 Å². The minimum Gasteiger partial charge on any atom is -0.354 e. The molecule has 3 nitrogen and oxygen atoms in total. The van der Waals surface area contributed by atoms with Gasteiger partial charge in [0.05, 0.1) is 6.04 Å². The molecular formula is C15H28N2O. The Morgan fingerprint density at radius 1 is 1.28 bits per heavy atom. The molecule has 1 aliphatic heterocycles. The second-order valence-electron chi connectivity index (χ2n) is 7.38. The molecule has 1 aliphatic carbocycles. The van der Waals surface area contributed by atoms with Gasteiger partial charge in [0.25, 0.3) is 0 Å². The Balaban J connectivity index is 1.79. The molecule has 0 radical (unpaired) electrons. The van der Waals surface area contributed by atoms with E-state index in [1.165, 1.54) is 6.42 Å². The van der Waals surface area contributed by atoms with Gasteiger partial charge in [-0.1, -0.05) is 34.6 Å². The molecule has 0 aromatic rings. The van der Waals surface area contributed by atoms with Crippen molar-refractivity contribution in [2.24, 2.45) is 22.7 Å². The van der Waals surface area contributed by atoms with E-state index in [1.807, 2.05) is 0 Å². The summed E-state index contributed by atoms with van der Waals surface area (Å²) in [6.07, 6.45) is 2.16. The molecule has 0 bridgehead atoms. The maximum atomic E-state index is 12.1. The predicted octanol–water partition coefficient (Wildman–Crippen LogP) is 2.17. The largest absolute Gasteiger partial charge is 0.354 e. The Morgan fingerprint density at radius 2 is 1.89 bits per heavy atom. The number of nitrogens with one attached hydrogen (secondary N) is 2. The highest BCUT2D eigenvalue weighted by Crippen LogP contribution is 2.67. The van der Waals surface area contributed by atoms with E-state index < -0.39 is 0 Å². The fourth-order valence-electron chi connectivity index (χ4n) is 3.48. The van der Waals surface area contributed by atoms with Crippen molar-refractivity contribution in [3.8, 4) is 0 Å². The van der Waals surface area contributed by atoms with E-state index >= 15 is 0 Å². The van der Waals surface area contributed by atoms with Crippen LogP contribution >= 0.6 is 0 Å². The van der Waals surface area contributed by atoms with Crippen LogP contribution in [0, 0.1) is 22.7 Å². The second-order valence-corrected chi connectivity index (χ2v) is 7.38. The molecule has 0 aromatic carbocycles. The lowest BCUT2D eigenvalue weighted by molar-refractivity contribution is -0.124. The number of hydrogen-bond acceptors (Lipinski definition) is 2. The molecule has 2 fully saturated rings. The molecule has 104 valence electrons. The number of piperidine rings is 1. The first-order chi connectivity index (χ1) is 8.26. The summed E-state index contributed by atoms with van der Waals surface area (Å²) in [5.74, 6) is 1.46. The van der Waals surface area contributed by atoms with Crippen LogP contribution in [0.5, 0.6) is 0 Å². The topological polar surface area (TPSA) is 41.1 Å². The van der Waals surface area contributed by atoms with Gasteiger partial charge < -0.3 is 10.6 Å². The van der Waals surface area contributed by atoms with Crippen LogP contribution in [-0.2, 0) is 4.79 Å². The summed E-state index contributed by atoms with van der Waals surface area (Å²) in [4.78, 5) is 12.1. The lowest BCUT2D eigenvalue weighted by atomic mass is 9.94. The molecule has 3 heteroatoms. The summed E-state index contributed by atoms with van der Waals surface area (Å²) in [5, 5.41) is 6.47. The van der Waals surface area contributed by atoms with E-state index in [-0.39, 0.29) is 11.9 Å². The van der Waals surface area contributed by atoms with Crippen molar-refractivity contribution in [2.45, 2.75) is 53.5 Å². The zero-order valence-corrected chi connectivity index (χ0v) is 12.5.